The molecule has 0 aliphatic carbocycles. The van der Waals surface area contributed by atoms with Crippen molar-refractivity contribution in [2.75, 3.05) is 0 Å². The SMILES string of the molecule is O=C(Cc1ccc(O)cc1)N[C@@H](CC(F)(F)F)c1ccc(F)cc1. The zero-order valence-corrected chi connectivity index (χ0v) is 12.5. The van der Waals surface area contributed by atoms with Gasteiger partial charge in [-0.3, -0.25) is 4.79 Å². The number of nitrogens with one attached hydrogen (secondary N) is 1. The van der Waals surface area contributed by atoms with Gasteiger partial charge in [0.2, 0.25) is 5.91 Å². The first kappa shape index (κ1) is 17.8. The number of halogens is 4. The average molecular weight is 341 g/mol. The Kier molecular flexibility index (Phi) is 5.43. The molecule has 0 saturated heterocycles. The Labute approximate surface area is 135 Å². The zero-order valence-electron chi connectivity index (χ0n) is 12.5. The van der Waals surface area contributed by atoms with Gasteiger partial charge in [0.1, 0.15) is 11.6 Å². The van der Waals surface area contributed by atoms with Crippen LogP contribution in [0, 0.1) is 5.82 Å². The van der Waals surface area contributed by atoms with Gasteiger partial charge < -0.3 is 10.4 Å². The molecule has 128 valence electrons. The summed E-state index contributed by atoms with van der Waals surface area (Å²) in [5.74, 6) is -1.14. The van der Waals surface area contributed by atoms with Gasteiger partial charge in [0.15, 0.2) is 0 Å². The van der Waals surface area contributed by atoms with Gasteiger partial charge in [-0.15, -0.1) is 0 Å². The first-order chi connectivity index (χ1) is 11.2. The topological polar surface area (TPSA) is 49.3 Å². The molecule has 0 aliphatic rings. The monoisotopic (exact) mass is 341 g/mol. The Morgan fingerprint density at radius 1 is 1.04 bits per heavy atom. The second-order valence-electron chi connectivity index (χ2n) is 5.33. The number of phenolic OH excluding ortho intramolecular Hbond substituents is 1. The lowest BCUT2D eigenvalue weighted by Crippen LogP contribution is -2.33. The van der Waals surface area contributed by atoms with Crippen molar-refractivity contribution in [1.82, 2.24) is 5.32 Å². The second-order valence-corrected chi connectivity index (χ2v) is 5.33. The summed E-state index contributed by atoms with van der Waals surface area (Å²) in [7, 11) is 0. The van der Waals surface area contributed by atoms with E-state index in [4.69, 9.17) is 0 Å². The van der Waals surface area contributed by atoms with Gasteiger partial charge in [-0.25, -0.2) is 4.39 Å². The minimum absolute atomic E-state index is 0.0282. The van der Waals surface area contributed by atoms with Crippen LogP contribution in [0.15, 0.2) is 48.5 Å². The van der Waals surface area contributed by atoms with E-state index >= 15 is 0 Å². The summed E-state index contributed by atoms with van der Waals surface area (Å²) in [5, 5.41) is 11.5. The Morgan fingerprint density at radius 3 is 2.17 bits per heavy atom. The molecule has 1 amide bonds. The number of amides is 1. The fourth-order valence-electron chi connectivity index (χ4n) is 2.22. The number of aromatic hydroxyl groups is 1. The van der Waals surface area contributed by atoms with E-state index in [0.717, 1.165) is 12.1 Å². The summed E-state index contributed by atoms with van der Waals surface area (Å²) in [6.07, 6.45) is -5.86. The summed E-state index contributed by atoms with van der Waals surface area (Å²) in [6, 6.07) is 9.01. The molecule has 1 atom stereocenters. The van der Waals surface area contributed by atoms with E-state index in [1.807, 2.05) is 0 Å². The maximum Gasteiger partial charge on any atom is 0.391 e. The molecule has 0 heterocycles. The van der Waals surface area contributed by atoms with Gasteiger partial charge in [0.25, 0.3) is 0 Å². The van der Waals surface area contributed by atoms with E-state index in [1.54, 1.807) is 0 Å². The van der Waals surface area contributed by atoms with Gasteiger partial charge in [0.05, 0.1) is 18.9 Å². The summed E-state index contributed by atoms with van der Waals surface area (Å²) in [4.78, 5) is 12.0. The molecule has 2 N–H and O–H groups in total. The van der Waals surface area contributed by atoms with Crippen LogP contribution in [0.4, 0.5) is 17.6 Å². The number of alkyl halides is 3. The molecule has 2 aromatic carbocycles. The Bertz CT molecular complexity index is 681. The van der Waals surface area contributed by atoms with Crippen molar-refractivity contribution in [3.8, 4) is 5.75 Å². The average Bonchev–Trinajstić information content (AvgIpc) is 2.48. The normalized spacial score (nSPS) is 12.7. The predicted octanol–water partition coefficient (Wildman–Crippen LogP) is 3.88. The van der Waals surface area contributed by atoms with Gasteiger partial charge >= 0.3 is 6.18 Å². The molecule has 2 rings (SSSR count). The molecular formula is C17H15F4NO2. The molecule has 0 aromatic heterocycles. The van der Waals surface area contributed by atoms with Crippen molar-refractivity contribution in [1.29, 1.82) is 0 Å². The fourth-order valence-corrected chi connectivity index (χ4v) is 2.22. The van der Waals surface area contributed by atoms with E-state index in [9.17, 15) is 27.5 Å². The van der Waals surface area contributed by atoms with Gasteiger partial charge in [-0.2, -0.15) is 13.2 Å². The number of carbonyl (C=O) groups is 1. The minimum Gasteiger partial charge on any atom is -0.508 e. The lowest BCUT2D eigenvalue weighted by atomic mass is 10.0. The molecule has 0 aliphatic heterocycles. The minimum atomic E-state index is -4.48. The number of carbonyl (C=O) groups excluding carboxylic acids is 1. The molecule has 0 saturated carbocycles. The summed E-state index contributed by atoms with van der Waals surface area (Å²) in [5.41, 5.74) is 0.725. The van der Waals surface area contributed by atoms with Gasteiger partial charge in [-0.05, 0) is 35.4 Å². The lowest BCUT2D eigenvalue weighted by Gasteiger charge is -2.21. The summed E-state index contributed by atoms with van der Waals surface area (Å²) < 4.78 is 51.2. The van der Waals surface area contributed by atoms with Crippen molar-refractivity contribution in [3.05, 3.63) is 65.5 Å². The van der Waals surface area contributed by atoms with Crippen molar-refractivity contribution in [3.63, 3.8) is 0 Å². The summed E-state index contributed by atoms with van der Waals surface area (Å²) >= 11 is 0. The molecule has 7 heteroatoms. The molecule has 0 bridgehead atoms. The number of hydrogen-bond acceptors (Lipinski definition) is 2. The fraction of sp³-hybridized carbons (Fsp3) is 0.235. The molecule has 0 spiro atoms. The maximum absolute atomic E-state index is 12.9. The van der Waals surface area contributed by atoms with E-state index in [1.165, 1.54) is 36.4 Å². The number of phenols is 1. The van der Waals surface area contributed by atoms with E-state index in [0.29, 0.717) is 5.56 Å². The smallest absolute Gasteiger partial charge is 0.391 e. The van der Waals surface area contributed by atoms with Gasteiger partial charge in [0, 0.05) is 0 Å². The predicted molar refractivity (Wildman–Crippen MR) is 79.8 cm³/mol. The quantitative estimate of drug-likeness (QED) is 0.811. The van der Waals surface area contributed by atoms with Gasteiger partial charge in [-0.1, -0.05) is 24.3 Å². The van der Waals surface area contributed by atoms with Crippen molar-refractivity contribution in [2.24, 2.45) is 0 Å². The van der Waals surface area contributed by atoms with Crippen LogP contribution in [0.3, 0.4) is 0 Å². The highest BCUT2D eigenvalue weighted by Crippen LogP contribution is 2.29. The van der Waals surface area contributed by atoms with Crippen LogP contribution in [0.5, 0.6) is 5.75 Å². The van der Waals surface area contributed by atoms with Crippen LogP contribution in [0.25, 0.3) is 0 Å². The zero-order chi connectivity index (χ0) is 17.7. The van der Waals surface area contributed by atoms with Crippen LogP contribution in [-0.4, -0.2) is 17.2 Å². The van der Waals surface area contributed by atoms with E-state index in [-0.39, 0.29) is 17.7 Å². The standard InChI is InChI=1S/C17H15F4NO2/c18-13-5-3-12(4-6-13)15(10-17(19,20)21)22-16(24)9-11-1-7-14(23)8-2-11/h1-8,15,23H,9-10H2,(H,22,24)/t15-/m0/s1. The van der Waals surface area contributed by atoms with Crippen LogP contribution < -0.4 is 5.32 Å². The van der Waals surface area contributed by atoms with Crippen molar-refractivity contribution in [2.45, 2.75) is 25.1 Å². The molecule has 0 radical (unpaired) electrons. The number of hydrogen-bond donors (Lipinski definition) is 2. The number of rotatable bonds is 5. The number of benzene rings is 2. The Morgan fingerprint density at radius 2 is 1.62 bits per heavy atom. The third kappa shape index (κ3) is 5.57. The Balaban J connectivity index is 2.10. The summed E-state index contributed by atoms with van der Waals surface area (Å²) in [6.45, 7) is 0. The molecular weight excluding hydrogens is 326 g/mol. The van der Waals surface area contributed by atoms with Crippen LogP contribution in [0.2, 0.25) is 0 Å². The molecule has 3 nitrogen and oxygen atoms in total. The molecule has 0 fully saturated rings. The van der Waals surface area contributed by atoms with Crippen molar-refractivity contribution >= 4 is 5.91 Å². The first-order valence-corrected chi connectivity index (χ1v) is 7.12. The highest BCUT2D eigenvalue weighted by Gasteiger charge is 2.33. The van der Waals surface area contributed by atoms with E-state index < -0.39 is 30.4 Å². The Hall–Kier alpha value is -2.57. The highest BCUT2D eigenvalue weighted by atomic mass is 19.4. The van der Waals surface area contributed by atoms with E-state index in [2.05, 4.69) is 5.32 Å². The highest BCUT2D eigenvalue weighted by molar-refractivity contribution is 5.79. The first-order valence-electron chi connectivity index (χ1n) is 7.12. The van der Waals surface area contributed by atoms with Crippen LogP contribution >= 0.6 is 0 Å². The maximum atomic E-state index is 12.9. The molecule has 24 heavy (non-hydrogen) atoms. The van der Waals surface area contributed by atoms with Crippen LogP contribution in [0.1, 0.15) is 23.6 Å². The van der Waals surface area contributed by atoms with Crippen molar-refractivity contribution < 1.29 is 27.5 Å². The second kappa shape index (κ2) is 7.33. The molecule has 0 unspecified atom stereocenters. The van der Waals surface area contributed by atoms with Crippen LogP contribution in [-0.2, 0) is 11.2 Å². The largest absolute Gasteiger partial charge is 0.508 e. The third-order valence-corrected chi connectivity index (χ3v) is 3.34. The lowest BCUT2D eigenvalue weighted by molar-refractivity contribution is -0.142. The third-order valence-electron chi connectivity index (χ3n) is 3.34. The molecule has 2 aromatic rings.